The summed E-state index contributed by atoms with van der Waals surface area (Å²) >= 11 is 0. The van der Waals surface area contributed by atoms with E-state index in [1.807, 2.05) is 19.2 Å². The van der Waals surface area contributed by atoms with Crippen molar-refractivity contribution >= 4 is 40.0 Å². The summed E-state index contributed by atoms with van der Waals surface area (Å²) in [5.41, 5.74) is 1.05. The van der Waals surface area contributed by atoms with Gasteiger partial charge in [-0.15, -0.1) is 24.0 Å². The number of sulfonamides is 1. The van der Waals surface area contributed by atoms with Crippen LogP contribution >= 0.6 is 24.0 Å². The van der Waals surface area contributed by atoms with Crippen LogP contribution in [0.15, 0.2) is 34.2 Å². The first-order chi connectivity index (χ1) is 11.5. The van der Waals surface area contributed by atoms with Gasteiger partial charge in [0.05, 0.1) is 11.4 Å². The molecular formula is C17H27IN4O2S. The van der Waals surface area contributed by atoms with Gasteiger partial charge in [-0.25, -0.2) is 8.42 Å². The Bertz CT molecular complexity index is 706. The van der Waals surface area contributed by atoms with Gasteiger partial charge in [0.2, 0.25) is 10.0 Å². The maximum absolute atomic E-state index is 12.7. The summed E-state index contributed by atoms with van der Waals surface area (Å²) in [5.74, 6) is 1.33. The van der Waals surface area contributed by atoms with E-state index < -0.39 is 10.0 Å². The van der Waals surface area contributed by atoms with E-state index in [1.165, 1.54) is 0 Å². The number of nitrogens with zero attached hydrogens (tertiary/aromatic N) is 3. The topological polar surface area (TPSA) is 65.0 Å². The predicted molar refractivity (Wildman–Crippen MR) is 111 cm³/mol. The molecule has 0 amide bonds. The zero-order valence-electron chi connectivity index (χ0n) is 14.8. The van der Waals surface area contributed by atoms with Crippen molar-refractivity contribution in [3.8, 4) is 0 Å². The van der Waals surface area contributed by atoms with Gasteiger partial charge in [-0.1, -0.05) is 19.1 Å². The highest BCUT2D eigenvalue weighted by atomic mass is 127. The number of aliphatic imine (C=N–C) groups is 1. The van der Waals surface area contributed by atoms with Crippen LogP contribution in [0.3, 0.4) is 0 Å². The van der Waals surface area contributed by atoms with Crippen LogP contribution in [0.2, 0.25) is 0 Å². The largest absolute Gasteiger partial charge is 0.352 e. The third-order valence-corrected chi connectivity index (χ3v) is 6.57. The Labute approximate surface area is 167 Å². The SMILES string of the molecule is CC1CCCN(S(=O)(=O)c2ccc(CNC3=NCCN3C)cc2)C1.I. The van der Waals surface area contributed by atoms with Crippen LogP contribution in [0.25, 0.3) is 0 Å². The molecule has 0 bridgehead atoms. The molecule has 2 heterocycles. The van der Waals surface area contributed by atoms with Gasteiger partial charge < -0.3 is 10.2 Å². The van der Waals surface area contributed by atoms with E-state index in [-0.39, 0.29) is 24.0 Å². The van der Waals surface area contributed by atoms with Gasteiger partial charge in [-0.05, 0) is 36.5 Å². The Balaban J connectivity index is 0.00000225. The van der Waals surface area contributed by atoms with Crippen LogP contribution in [-0.4, -0.2) is 56.8 Å². The van der Waals surface area contributed by atoms with E-state index in [2.05, 4.69) is 22.1 Å². The maximum atomic E-state index is 12.7. The predicted octanol–water partition coefficient (Wildman–Crippen LogP) is 2.12. The lowest BCUT2D eigenvalue weighted by Crippen LogP contribution is -2.39. The number of hydrogen-bond donors (Lipinski definition) is 1. The van der Waals surface area contributed by atoms with Gasteiger partial charge in [0.15, 0.2) is 5.96 Å². The number of guanidine groups is 1. The van der Waals surface area contributed by atoms with Crippen molar-refractivity contribution in [2.24, 2.45) is 10.9 Å². The fourth-order valence-corrected chi connectivity index (χ4v) is 4.80. The van der Waals surface area contributed by atoms with E-state index in [0.717, 1.165) is 37.5 Å². The molecule has 2 aliphatic rings. The van der Waals surface area contributed by atoms with Crippen molar-refractivity contribution in [1.29, 1.82) is 0 Å². The highest BCUT2D eigenvalue weighted by molar-refractivity contribution is 14.0. The summed E-state index contributed by atoms with van der Waals surface area (Å²) in [6.07, 6.45) is 2.05. The lowest BCUT2D eigenvalue weighted by Gasteiger charge is -2.30. The van der Waals surface area contributed by atoms with Crippen molar-refractivity contribution in [3.05, 3.63) is 29.8 Å². The van der Waals surface area contributed by atoms with Gasteiger partial charge in [0.1, 0.15) is 0 Å². The third-order valence-electron chi connectivity index (χ3n) is 4.69. The molecule has 140 valence electrons. The Hall–Kier alpha value is -0.870. The third kappa shape index (κ3) is 4.85. The summed E-state index contributed by atoms with van der Waals surface area (Å²) in [7, 11) is -1.36. The monoisotopic (exact) mass is 478 g/mol. The normalized spacial score (nSPS) is 21.6. The van der Waals surface area contributed by atoms with Crippen molar-refractivity contribution in [2.45, 2.75) is 31.2 Å². The van der Waals surface area contributed by atoms with E-state index in [4.69, 9.17) is 0 Å². The van der Waals surface area contributed by atoms with Gasteiger partial charge in [-0.2, -0.15) is 4.31 Å². The molecule has 0 radical (unpaired) electrons. The van der Waals surface area contributed by atoms with Crippen molar-refractivity contribution in [2.75, 3.05) is 33.2 Å². The molecule has 1 aromatic carbocycles. The molecule has 0 spiro atoms. The second kappa shape index (κ2) is 8.68. The fourth-order valence-electron chi connectivity index (χ4n) is 3.20. The number of piperidine rings is 1. The molecule has 1 saturated heterocycles. The average molecular weight is 478 g/mol. The molecule has 1 atom stereocenters. The van der Waals surface area contributed by atoms with E-state index in [1.54, 1.807) is 16.4 Å². The molecule has 8 heteroatoms. The summed E-state index contributed by atoms with van der Waals surface area (Å²) in [5, 5.41) is 3.29. The summed E-state index contributed by atoms with van der Waals surface area (Å²) < 4.78 is 27.1. The molecule has 1 aromatic rings. The van der Waals surface area contributed by atoms with E-state index in [0.29, 0.717) is 30.4 Å². The first kappa shape index (κ1) is 20.4. The van der Waals surface area contributed by atoms with Crippen molar-refractivity contribution in [1.82, 2.24) is 14.5 Å². The lowest BCUT2D eigenvalue weighted by atomic mass is 10.0. The minimum Gasteiger partial charge on any atom is -0.352 e. The van der Waals surface area contributed by atoms with Crippen LogP contribution in [0, 0.1) is 5.92 Å². The smallest absolute Gasteiger partial charge is 0.243 e. The Morgan fingerprint density at radius 3 is 2.56 bits per heavy atom. The second-order valence-electron chi connectivity index (χ2n) is 6.73. The van der Waals surface area contributed by atoms with Gasteiger partial charge >= 0.3 is 0 Å². The number of nitrogens with one attached hydrogen (secondary N) is 1. The maximum Gasteiger partial charge on any atom is 0.243 e. The van der Waals surface area contributed by atoms with Gasteiger partial charge in [0, 0.05) is 33.2 Å². The minimum absolute atomic E-state index is 0. The Kier molecular flexibility index (Phi) is 7.10. The summed E-state index contributed by atoms with van der Waals surface area (Å²) in [6.45, 7) is 5.77. The van der Waals surface area contributed by atoms with E-state index in [9.17, 15) is 8.42 Å². The first-order valence-electron chi connectivity index (χ1n) is 8.55. The zero-order valence-corrected chi connectivity index (χ0v) is 18.0. The zero-order chi connectivity index (χ0) is 17.2. The second-order valence-corrected chi connectivity index (χ2v) is 8.67. The van der Waals surface area contributed by atoms with Crippen LogP contribution in [0.1, 0.15) is 25.3 Å². The lowest BCUT2D eigenvalue weighted by molar-refractivity contribution is 0.281. The summed E-state index contributed by atoms with van der Waals surface area (Å²) in [6, 6.07) is 7.18. The molecule has 25 heavy (non-hydrogen) atoms. The summed E-state index contributed by atoms with van der Waals surface area (Å²) in [4.78, 5) is 6.85. The molecular weight excluding hydrogens is 451 g/mol. The van der Waals surface area contributed by atoms with Crippen molar-refractivity contribution in [3.63, 3.8) is 0 Å². The molecule has 1 unspecified atom stereocenters. The van der Waals surface area contributed by atoms with Gasteiger partial charge in [-0.3, -0.25) is 4.99 Å². The number of benzene rings is 1. The quantitative estimate of drug-likeness (QED) is 0.674. The number of likely N-dealkylation sites (N-methyl/N-ethyl adjacent to an activating group) is 1. The van der Waals surface area contributed by atoms with Crippen LogP contribution < -0.4 is 5.32 Å². The van der Waals surface area contributed by atoms with Gasteiger partial charge in [0.25, 0.3) is 0 Å². The van der Waals surface area contributed by atoms with Crippen LogP contribution in [-0.2, 0) is 16.6 Å². The standard InChI is InChI=1S/C17H26N4O2S.HI/c1-14-4-3-10-21(13-14)24(22,23)16-7-5-15(6-8-16)12-19-17-18-9-11-20(17)2;/h5-8,14H,3-4,9-13H2,1-2H3,(H,18,19);1H. The highest BCUT2D eigenvalue weighted by Crippen LogP contribution is 2.23. The minimum atomic E-state index is -3.37. The molecule has 3 rings (SSSR count). The molecule has 6 nitrogen and oxygen atoms in total. The molecule has 2 aliphatic heterocycles. The van der Waals surface area contributed by atoms with Crippen LogP contribution in [0.4, 0.5) is 0 Å². The molecule has 0 aliphatic carbocycles. The molecule has 0 aromatic heterocycles. The molecule has 0 saturated carbocycles. The Morgan fingerprint density at radius 1 is 1.24 bits per heavy atom. The number of hydrogen-bond acceptors (Lipinski definition) is 5. The average Bonchev–Trinajstić information content (AvgIpc) is 2.98. The number of halogens is 1. The highest BCUT2D eigenvalue weighted by Gasteiger charge is 2.28. The van der Waals surface area contributed by atoms with Crippen LogP contribution in [0.5, 0.6) is 0 Å². The fraction of sp³-hybridized carbons (Fsp3) is 0.588. The first-order valence-corrected chi connectivity index (χ1v) is 9.99. The van der Waals surface area contributed by atoms with Crippen molar-refractivity contribution < 1.29 is 8.42 Å². The number of rotatable bonds is 4. The van der Waals surface area contributed by atoms with E-state index >= 15 is 0 Å². The molecule has 1 fully saturated rings. The Morgan fingerprint density at radius 2 is 1.96 bits per heavy atom. The molecule has 1 N–H and O–H groups in total.